The highest BCUT2D eigenvalue weighted by Crippen LogP contribution is 2.33. The number of aromatic nitrogens is 1. The molecule has 0 saturated carbocycles. The molecule has 130 valence electrons. The highest BCUT2D eigenvalue weighted by atomic mass is 14.6. The maximum absolute atomic E-state index is 4.30. The second-order valence-electron chi connectivity index (χ2n) is 6.43. The molecule has 3 aromatic rings. The fourth-order valence-corrected chi connectivity index (χ4v) is 3.20. The Hall–Kier alpha value is -2.93. The molecule has 0 spiro atoms. The molecule has 1 heterocycles. The molecule has 0 bridgehead atoms. The molecule has 0 unspecified atom stereocenters. The Labute approximate surface area is 156 Å². The minimum atomic E-state index is 0.994. The summed E-state index contributed by atoms with van der Waals surface area (Å²) in [5.41, 5.74) is 8.77. The van der Waals surface area contributed by atoms with E-state index in [1.807, 2.05) is 18.5 Å². The average Bonchev–Trinajstić information content (AvgIpc) is 2.69. The van der Waals surface area contributed by atoms with Crippen molar-refractivity contribution in [3.63, 3.8) is 0 Å². The largest absolute Gasteiger partial charge is 0.264 e. The fourth-order valence-electron chi connectivity index (χ4n) is 3.20. The van der Waals surface area contributed by atoms with Crippen molar-refractivity contribution in [2.24, 2.45) is 0 Å². The van der Waals surface area contributed by atoms with Crippen molar-refractivity contribution in [2.45, 2.75) is 27.2 Å². The molecule has 0 fully saturated rings. The van der Waals surface area contributed by atoms with E-state index in [0.717, 1.165) is 12.0 Å². The highest BCUT2D eigenvalue weighted by molar-refractivity contribution is 5.81. The lowest BCUT2D eigenvalue weighted by molar-refractivity contribution is 1.24. The van der Waals surface area contributed by atoms with Crippen LogP contribution in [0.1, 0.15) is 31.4 Å². The van der Waals surface area contributed by atoms with Gasteiger partial charge < -0.3 is 0 Å². The number of pyridine rings is 1. The zero-order valence-electron chi connectivity index (χ0n) is 15.7. The third-order valence-corrected chi connectivity index (χ3v) is 4.63. The monoisotopic (exact) mass is 339 g/mol. The molecule has 0 aliphatic carbocycles. The van der Waals surface area contributed by atoms with Crippen molar-refractivity contribution >= 4 is 5.57 Å². The average molecular weight is 339 g/mol. The van der Waals surface area contributed by atoms with Crippen LogP contribution in [-0.4, -0.2) is 4.98 Å². The van der Waals surface area contributed by atoms with Gasteiger partial charge in [0.05, 0.1) is 0 Å². The van der Waals surface area contributed by atoms with Crippen LogP contribution in [0.15, 0.2) is 85.2 Å². The number of nitrogens with zero attached hydrogens (tertiary/aromatic N) is 1. The number of hydrogen-bond donors (Lipinski definition) is 0. The molecule has 1 nitrogen and oxygen atoms in total. The molecule has 3 rings (SSSR count). The van der Waals surface area contributed by atoms with E-state index in [-0.39, 0.29) is 0 Å². The van der Waals surface area contributed by atoms with Crippen LogP contribution >= 0.6 is 0 Å². The Balaban J connectivity index is 2.22. The lowest BCUT2D eigenvalue weighted by Gasteiger charge is -2.13. The molecular formula is C25H25N. The van der Waals surface area contributed by atoms with Crippen LogP contribution in [0.2, 0.25) is 0 Å². The predicted molar refractivity (Wildman–Crippen MR) is 113 cm³/mol. The van der Waals surface area contributed by atoms with Gasteiger partial charge in [0.25, 0.3) is 0 Å². The quantitative estimate of drug-likeness (QED) is 0.452. The lowest BCUT2D eigenvalue weighted by atomic mass is 9.91. The molecule has 0 atom stereocenters. The van der Waals surface area contributed by atoms with Crippen LogP contribution < -0.4 is 0 Å². The van der Waals surface area contributed by atoms with E-state index in [1.165, 1.54) is 33.4 Å². The van der Waals surface area contributed by atoms with Gasteiger partial charge in [-0.15, -0.1) is 0 Å². The molecule has 26 heavy (non-hydrogen) atoms. The Bertz CT molecular complexity index is 933. The first kappa shape index (κ1) is 17.9. The highest BCUT2D eigenvalue weighted by Gasteiger charge is 2.09. The normalized spacial score (nSPS) is 11.9. The molecule has 0 aliphatic heterocycles. The van der Waals surface area contributed by atoms with Crippen molar-refractivity contribution in [3.8, 4) is 22.3 Å². The Kier molecular flexibility index (Phi) is 5.80. The van der Waals surface area contributed by atoms with E-state index < -0.39 is 0 Å². The van der Waals surface area contributed by atoms with Gasteiger partial charge in [0, 0.05) is 18.0 Å². The van der Waals surface area contributed by atoms with Crippen LogP contribution in [0.3, 0.4) is 0 Å². The van der Waals surface area contributed by atoms with Crippen LogP contribution in [0.5, 0.6) is 0 Å². The summed E-state index contributed by atoms with van der Waals surface area (Å²) < 4.78 is 0. The van der Waals surface area contributed by atoms with E-state index in [4.69, 9.17) is 0 Å². The van der Waals surface area contributed by atoms with Crippen LogP contribution in [0, 0.1) is 6.92 Å². The number of rotatable bonds is 5. The van der Waals surface area contributed by atoms with Crippen LogP contribution in [0.25, 0.3) is 27.8 Å². The Morgan fingerprint density at radius 3 is 2.46 bits per heavy atom. The summed E-state index contributed by atoms with van der Waals surface area (Å²) in [5.74, 6) is 0. The van der Waals surface area contributed by atoms with Gasteiger partial charge in [-0.05, 0) is 77.9 Å². The van der Waals surface area contributed by atoms with E-state index >= 15 is 0 Å². The van der Waals surface area contributed by atoms with E-state index in [9.17, 15) is 0 Å². The molecule has 0 amide bonds. The SMILES string of the molecule is C/C=C\C=C(/CC)c1cc(-c2cccnc2)cc(-c2ccccc2C)c1. The molecule has 0 radical (unpaired) electrons. The summed E-state index contributed by atoms with van der Waals surface area (Å²) in [4.78, 5) is 4.30. The third-order valence-electron chi connectivity index (χ3n) is 4.63. The first-order chi connectivity index (χ1) is 12.7. The molecular weight excluding hydrogens is 314 g/mol. The summed E-state index contributed by atoms with van der Waals surface area (Å²) in [6, 6.07) is 19.5. The first-order valence-corrected chi connectivity index (χ1v) is 9.16. The second kappa shape index (κ2) is 8.44. The molecule has 2 aromatic carbocycles. The number of aryl methyl sites for hydroxylation is 1. The summed E-state index contributed by atoms with van der Waals surface area (Å²) in [7, 11) is 0. The van der Waals surface area contributed by atoms with Gasteiger partial charge in [0.1, 0.15) is 0 Å². The summed E-state index contributed by atoms with van der Waals surface area (Å²) in [6.07, 6.45) is 11.1. The predicted octanol–water partition coefficient (Wildman–Crippen LogP) is 7.09. The van der Waals surface area contributed by atoms with Gasteiger partial charge in [-0.2, -0.15) is 0 Å². The van der Waals surface area contributed by atoms with Gasteiger partial charge in [0.15, 0.2) is 0 Å². The van der Waals surface area contributed by atoms with Crippen molar-refractivity contribution in [3.05, 3.63) is 96.3 Å². The topological polar surface area (TPSA) is 12.9 Å². The van der Waals surface area contributed by atoms with Gasteiger partial charge in [-0.25, -0.2) is 0 Å². The number of benzene rings is 2. The zero-order chi connectivity index (χ0) is 18.4. The minimum absolute atomic E-state index is 0.994. The third kappa shape index (κ3) is 4.00. The molecule has 1 aromatic heterocycles. The van der Waals surface area contributed by atoms with Crippen molar-refractivity contribution in [1.29, 1.82) is 0 Å². The standard InChI is InChI=1S/C25H25N/c1-4-6-11-20(5-2)22-15-23(21-12-9-14-26-18-21)17-24(16-22)25-13-8-7-10-19(25)3/h4,6-18H,5H2,1-3H3/b6-4-,20-11+. The minimum Gasteiger partial charge on any atom is -0.264 e. The van der Waals surface area contributed by atoms with Crippen molar-refractivity contribution in [2.75, 3.05) is 0 Å². The summed E-state index contributed by atoms with van der Waals surface area (Å²) in [6.45, 7) is 6.43. The zero-order valence-corrected chi connectivity index (χ0v) is 15.7. The van der Waals surface area contributed by atoms with Gasteiger partial charge in [-0.1, -0.05) is 55.5 Å². The van der Waals surface area contributed by atoms with E-state index in [0.29, 0.717) is 0 Å². The summed E-state index contributed by atoms with van der Waals surface area (Å²) in [5, 5.41) is 0. The van der Waals surface area contributed by atoms with Crippen LogP contribution in [-0.2, 0) is 0 Å². The molecule has 0 aliphatic rings. The second-order valence-corrected chi connectivity index (χ2v) is 6.43. The fraction of sp³-hybridized carbons (Fsp3) is 0.160. The Morgan fingerprint density at radius 1 is 0.962 bits per heavy atom. The maximum atomic E-state index is 4.30. The number of hydrogen-bond acceptors (Lipinski definition) is 1. The Morgan fingerprint density at radius 2 is 1.77 bits per heavy atom. The van der Waals surface area contributed by atoms with E-state index in [2.05, 4.69) is 92.5 Å². The summed E-state index contributed by atoms with van der Waals surface area (Å²) >= 11 is 0. The molecule has 0 saturated heterocycles. The van der Waals surface area contributed by atoms with Crippen LogP contribution in [0.4, 0.5) is 0 Å². The van der Waals surface area contributed by atoms with Crippen molar-refractivity contribution in [1.82, 2.24) is 4.98 Å². The number of allylic oxidation sites excluding steroid dienone is 4. The van der Waals surface area contributed by atoms with Crippen molar-refractivity contribution < 1.29 is 0 Å². The first-order valence-electron chi connectivity index (χ1n) is 9.16. The van der Waals surface area contributed by atoms with Gasteiger partial charge in [-0.3, -0.25) is 4.98 Å². The van der Waals surface area contributed by atoms with Gasteiger partial charge in [0.2, 0.25) is 0 Å². The molecule has 0 N–H and O–H groups in total. The molecule has 1 heteroatoms. The smallest absolute Gasteiger partial charge is 0.0346 e. The lowest BCUT2D eigenvalue weighted by Crippen LogP contribution is -1.90. The van der Waals surface area contributed by atoms with Gasteiger partial charge >= 0.3 is 0 Å². The maximum Gasteiger partial charge on any atom is 0.0346 e. The van der Waals surface area contributed by atoms with E-state index in [1.54, 1.807) is 0 Å².